The molecule has 102 valence electrons. The van der Waals surface area contributed by atoms with Crippen molar-refractivity contribution in [2.45, 2.75) is 50.5 Å². The first-order valence-corrected chi connectivity index (χ1v) is 7.34. The third-order valence-corrected chi connectivity index (χ3v) is 5.23. The van der Waals surface area contributed by atoms with E-state index in [1.807, 2.05) is 0 Å². The molecule has 1 aromatic carbocycles. The summed E-state index contributed by atoms with van der Waals surface area (Å²) in [6.45, 7) is 6.67. The van der Waals surface area contributed by atoms with Gasteiger partial charge in [0.05, 0.1) is 0 Å². The van der Waals surface area contributed by atoms with Gasteiger partial charge in [-0.2, -0.15) is 0 Å². The van der Waals surface area contributed by atoms with Crippen molar-refractivity contribution < 1.29 is 4.79 Å². The Balaban J connectivity index is 1.85. The van der Waals surface area contributed by atoms with E-state index in [2.05, 4.69) is 49.1 Å². The Bertz CT molecular complexity index is 483. The first-order valence-electron chi connectivity index (χ1n) is 7.34. The van der Waals surface area contributed by atoms with Crippen LogP contribution in [0.4, 0.5) is 0 Å². The predicted octanol–water partition coefficient (Wildman–Crippen LogP) is 3.16. The van der Waals surface area contributed by atoms with Gasteiger partial charge < -0.3 is 0 Å². The lowest BCUT2D eigenvalue weighted by Gasteiger charge is -2.53. The molecule has 0 amide bonds. The maximum atomic E-state index is 11.7. The van der Waals surface area contributed by atoms with Gasteiger partial charge in [0.1, 0.15) is 5.78 Å². The molecular formula is C17H23NO. The Morgan fingerprint density at radius 2 is 1.84 bits per heavy atom. The molecule has 2 saturated heterocycles. The molecule has 2 nitrogen and oxygen atoms in total. The quantitative estimate of drug-likeness (QED) is 0.770. The summed E-state index contributed by atoms with van der Waals surface area (Å²) in [5, 5.41) is 0. The van der Waals surface area contributed by atoms with Gasteiger partial charge in [0.25, 0.3) is 0 Å². The molecular weight excluding hydrogens is 234 g/mol. The number of carbonyl (C=O) groups is 1. The lowest BCUT2D eigenvalue weighted by molar-refractivity contribution is -0.128. The van der Waals surface area contributed by atoms with E-state index in [1.165, 1.54) is 12.0 Å². The fraction of sp³-hybridized carbons (Fsp3) is 0.588. The molecule has 0 aromatic heterocycles. The summed E-state index contributed by atoms with van der Waals surface area (Å²) < 4.78 is 0. The van der Waals surface area contributed by atoms with Gasteiger partial charge in [0.2, 0.25) is 0 Å². The molecule has 2 fully saturated rings. The third kappa shape index (κ3) is 2.23. The molecule has 0 N–H and O–H groups in total. The second-order valence-corrected chi connectivity index (χ2v) is 6.81. The highest BCUT2D eigenvalue weighted by atomic mass is 16.1. The van der Waals surface area contributed by atoms with E-state index in [4.69, 9.17) is 0 Å². The van der Waals surface area contributed by atoms with E-state index < -0.39 is 0 Å². The van der Waals surface area contributed by atoms with Crippen LogP contribution in [0.1, 0.15) is 45.1 Å². The van der Waals surface area contributed by atoms with Gasteiger partial charge in [-0.3, -0.25) is 9.69 Å². The Kier molecular flexibility index (Phi) is 3.01. The van der Waals surface area contributed by atoms with Crippen LogP contribution in [0.25, 0.3) is 0 Å². The molecule has 2 atom stereocenters. The standard InChI is InChI=1S/C17H23NO/c1-16(14-6-4-3-5-7-14)9-10-17(2)12-15(19)8-11-18(17)13-16/h3-7H,8-13H2,1-2H3. The van der Waals surface area contributed by atoms with Crippen LogP contribution < -0.4 is 0 Å². The van der Waals surface area contributed by atoms with Gasteiger partial charge in [0.15, 0.2) is 0 Å². The van der Waals surface area contributed by atoms with E-state index in [0.717, 1.165) is 32.4 Å². The predicted molar refractivity (Wildman–Crippen MR) is 77.2 cm³/mol. The van der Waals surface area contributed by atoms with Crippen LogP contribution in [-0.2, 0) is 10.2 Å². The average Bonchev–Trinajstić information content (AvgIpc) is 2.41. The van der Waals surface area contributed by atoms with E-state index >= 15 is 0 Å². The van der Waals surface area contributed by atoms with Crippen molar-refractivity contribution in [3.63, 3.8) is 0 Å². The number of fused-ring (bicyclic) bond motifs is 1. The van der Waals surface area contributed by atoms with Crippen LogP contribution in [0.3, 0.4) is 0 Å². The monoisotopic (exact) mass is 257 g/mol. The summed E-state index contributed by atoms with van der Waals surface area (Å²) in [5.41, 5.74) is 1.79. The third-order valence-electron chi connectivity index (χ3n) is 5.23. The number of nitrogens with zero attached hydrogens (tertiary/aromatic N) is 1. The number of benzene rings is 1. The molecule has 0 bridgehead atoms. The van der Waals surface area contributed by atoms with Crippen LogP contribution in [0.5, 0.6) is 0 Å². The zero-order chi connectivity index (χ0) is 13.5. The molecule has 2 aliphatic rings. The van der Waals surface area contributed by atoms with Crippen LogP contribution in [0.15, 0.2) is 30.3 Å². The number of piperidine rings is 2. The molecule has 0 saturated carbocycles. The Hall–Kier alpha value is -1.15. The maximum Gasteiger partial charge on any atom is 0.136 e. The van der Waals surface area contributed by atoms with E-state index in [1.54, 1.807) is 0 Å². The second kappa shape index (κ2) is 4.45. The van der Waals surface area contributed by atoms with Gasteiger partial charge in [0, 0.05) is 36.9 Å². The smallest absolute Gasteiger partial charge is 0.136 e. The number of Topliss-reactive ketones (excluding diaryl/α,β-unsaturated/α-hetero) is 1. The summed E-state index contributed by atoms with van der Waals surface area (Å²) in [5.74, 6) is 0.446. The molecule has 2 heterocycles. The number of hydrogen-bond acceptors (Lipinski definition) is 2. The van der Waals surface area contributed by atoms with Gasteiger partial charge in [-0.15, -0.1) is 0 Å². The number of ketones is 1. The Morgan fingerprint density at radius 1 is 1.11 bits per heavy atom. The van der Waals surface area contributed by atoms with E-state index in [9.17, 15) is 4.79 Å². The van der Waals surface area contributed by atoms with Crippen molar-refractivity contribution >= 4 is 5.78 Å². The number of rotatable bonds is 1. The molecule has 2 unspecified atom stereocenters. The second-order valence-electron chi connectivity index (χ2n) is 6.81. The topological polar surface area (TPSA) is 20.3 Å². The van der Waals surface area contributed by atoms with Crippen LogP contribution in [0.2, 0.25) is 0 Å². The number of carbonyl (C=O) groups excluding carboxylic acids is 1. The SMILES string of the molecule is CC1(c2ccccc2)CCC2(C)CC(=O)CCN2C1. The maximum absolute atomic E-state index is 11.7. The molecule has 1 aromatic rings. The molecule has 19 heavy (non-hydrogen) atoms. The lowest BCUT2D eigenvalue weighted by atomic mass is 9.68. The van der Waals surface area contributed by atoms with Gasteiger partial charge in [-0.25, -0.2) is 0 Å². The molecule has 2 heteroatoms. The van der Waals surface area contributed by atoms with Crippen LogP contribution >= 0.6 is 0 Å². The summed E-state index contributed by atoms with van der Waals surface area (Å²) >= 11 is 0. The highest BCUT2D eigenvalue weighted by Crippen LogP contribution is 2.43. The van der Waals surface area contributed by atoms with Gasteiger partial charge in [-0.1, -0.05) is 37.3 Å². The normalized spacial score (nSPS) is 36.0. The van der Waals surface area contributed by atoms with Crippen molar-refractivity contribution in [3.05, 3.63) is 35.9 Å². The molecule has 0 spiro atoms. The highest BCUT2D eigenvalue weighted by molar-refractivity contribution is 5.80. The van der Waals surface area contributed by atoms with Crippen molar-refractivity contribution in [1.82, 2.24) is 4.90 Å². The van der Waals surface area contributed by atoms with Crippen LogP contribution in [-0.4, -0.2) is 29.3 Å². The zero-order valence-corrected chi connectivity index (χ0v) is 12.0. The van der Waals surface area contributed by atoms with Gasteiger partial charge in [-0.05, 0) is 25.3 Å². The average molecular weight is 257 g/mol. The lowest BCUT2D eigenvalue weighted by Crippen LogP contribution is -2.60. The fourth-order valence-corrected chi connectivity index (χ4v) is 3.79. The first-order chi connectivity index (χ1) is 9.02. The number of hydrogen-bond donors (Lipinski definition) is 0. The minimum atomic E-state index is 0.115. The molecule has 0 radical (unpaired) electrons. The van der Waals surface area contributed by atoms with Crippen molar-refractivity contribution in [2.24, 2.45) is 0 Å². The van der Waals surface area contributed by atoms with Crippen LogP contribution in [0, 0.1) is 0 Å². The largest absolute Gasteiger partial charge is 0.300 e. The van der Waals surface area contributed by atoms with Crippen molar-refractivity contribution in [1.29, 1.82) is 0 Å². The van der Waals surface area contributed by atoms with E-state index in [-0.39, 0.29) is 11.0 Å². The van der Waals surface area contributed by atoms with E-state index in [0.29, 0.717) is 5.78 Å². The fourth-order valence-electron chi connectivity index (χ4n) is 3.79. The Labute approximate surface area is 115 Å². The molecule has 2 aliphatic heterocycles. The summed E-state index contributed by atoms with van der Waals surface area (Å²) in [6, 6.07) is 10.8. The molecule has 3 rings (SSSR count). The summed E-state index contributed by atoms with van der Waals surface area (Å²) in [6.07, 6.45) is 3.79. The van der Waals surface area contributed by atoms with Gasteiger partial charge >= 0.3 is 0 Å². The Morgan fingerprint density at radius 3 is 2.58 bits per heavy atom. The van der Waals surface area contributed by atoms with Crippen molar-refractivity contribution in [3.8, 4) is 0 Å². The van der Waals surface area contributed by atoms with Crippen molar-refractivity contribution in [2.75, 3.05) is 13.1 Å². The minimum absolute atomic E-state index is 0.115. The summed E-state index contributed by atoms with van der Waals surface area (Å²) in [7, 11) is 0. The summed E-state index contributed by atoms with van der Waals surface area (Å²) in [4.78, 5) is 14.3. The minimum Gasteiger partial charge on any atom is -0.300 e. The highest BCUT2D eigenvalue weighted by Gasteiger charge is 2.46. The zero-order valence-electron chi connectivity index (χ0n) is 12.0. The first kappa shape index (κ1) is 12.9. The molecule has 0 aliphatic carbocycles.